The molecular weight excluding hydrogens is 288 g/mol. The minimum atomic E-state index is -0.532. The topological polar surface area (TPSA) is 49.4 Å². The molecule has 3 rings (SSSR count). The van der Waals surface area contributed by atoms with E-state index in [0.29, 0.717) is 17.1 Å². The summed E-state index contributed by atoms with van der Waals surface area (Å²) in [6, 6.07) is 15.3. The van der Waals surface area contributed by atoms with Gasteiger partial charge in [0.1, 0.15) is 6.04 Å². The normalized spacial score (nSPS) is 18.0. The second-order valence-electron chi connectivity index (χ2n) is 4.84. The van der Waals surface area contributed by atoms with Crippen LogP contribution in [0.1, 0.15) is 5.56 Å². The van der Waals surface area contributed by atoms with Crippen LogP contribution in [0, 0.1) is 0 Å². The Hall–Kier alpha value is -2.33. The van der Waals surface area contributed by atoms with Crippen LogP contribution in [0.2, 0.25) is 5.02 Å². The zero-order valence-electron chi connectivity index (χ0n) is 11.1. The molecule has 1 N–H and O–H groups in total. The quantitative estimate of drug-likeness (QED) is 0.886. The number of halogens is 1. The second kappa shape index (κ2) is 5.58. The number of amides is 3. The summed E-state index contributed by atoms with van der Waals surface area (Å²) in [4.78, 5) is 25.6. The molecule has 0 radical (unpaired) electrons. The van der Waals surface area contributed by atoms with Crippen molar-refractivity contribution in [3.8, 4) is 0 Å². The number of urea groups is 1. The van der Waals surface area contributed by atoms with Gasteiger partial charge in [-0.25, -0.2) is 9.69 Å². The van der Waals surface area contributed by atoms with Crippen LogP contribution in [0.25, 0.3) is 0 Å². The third-order valence-corrected chi connectivity index (χ3v) is 3.64. The number of hydrogen-bond donors (Lipinski definition) is 1. The van der Waals surface area contributed by atoms with Crippen LogP contribution >= 0.6 is 11.6 Å². The molecule has 1 heterocycles. The standard InChI is InChI=1S/C16H13ClN2O2/c17-12-6-8-13(9-7-12)19-15(20)14(18-16(19)21)10-11-4-2-1-3-5-11/h1-9,14H,10H2,(H,18,21). The molecule has 0 aliphatic carbocycles. The molecule has 1 saturated heterocycles. The summed E-state index contributed by atoms with van der Waals surface area (Å²) in [7, 11) is 0. The Bertz CT molecular complexity index is 670. The monoisotopic (exact) mass is 300 g/mol. The Labute approximate surface area is 127 Å². The van der Waals surface area contributed by atoms with Crippen molar-refractivity contribution in [2.75, 3.05) is 4.90 Å². The molecule has 1 fully saturated rings. The summed E-state index contributed by atoms with van der Waals surface area (Å²) >= 11 is 5.82. The van der Waals surface area contributed by atoms with Crippen molar-refractivity contribution in [1.82, 2.24) is 5.32 Å². The Morgan fingerprint density at radius 1 is 1.00 bits per heavy atom. The number of carbonyl (C=O) groups excluding carboxylic acids is 2. The van der Waals surface area contributed by atoms with Crippen molar-refractivity contribution in [2.45, 2.75) is 12.5 Å². The van der Waals surface area contributed by atoms with Gasteiger partial charge in [-0.05, 0) is 29.8 Å². The van der Waals surface area contributed by atoms with E-state index in [1.165, 1.54) is 0 Å². The van der Waals surface area contributed by atoms with Gasteiger partial charge in [0.15, 0.2) is 0 Å². The number of benzene rings is 2. The van der Waals surface area contributed by atoms with Gasteiger partial charge < -0.3 is 5.32 Å². The molecule has 2 aromatic carbocycles. The molecule has 0 bridgehead atoms. The van der Waals surface area contributed by atoms with Gasteiger partial charge >= 0.3 is 6.03 Å². The molecule has 0 spiro atoms. The highest BCUT2D eigenvalue weighted by Crippen LogP contribution is 2.22. The average Bonchev–Trinajstić information content (AvgIpc) is 2.76. The van der Waals surface area contributed by atoms with Gasteiger partial charge in [-0.3, -0.25) is 4.79 Å². The minimum absolute atomic E-state index is 0.244. The average molecular weight is 301 g/mol. The molecule has 1 aliphatic heterocycles. The second-order valence-corrected chi connectivity index (χ2v) is 5.28. The number of anilines is 1. The molecular formula is C16H13ClN2O2. The maximum Gasteiger partial charge on any atom is 0.329 e. The van der Waals surface area contributed by atoms with Gasteiger partial charge in [0.25, 0.3) is 5.91 Å². The van der Waals surface area contributed by atoms with Gasteiger partial charge in [-0.2, -0.15) is 0 Å². The first kappa shape index (κ1) is 13.6. The molecule has 1 unspecified atom stereocenters. The number of hydrogen-bond acceptors (Lipinski definition) is 2. The van der Waals surface area contributed by atoms with Crippen LogP contribution in [-0.4, -0.2) is 18.0 Å². The zero-order chi connectivity index (χ0) is 14.8. The Kier molecular flexibility index (Phi) is 3.62. The molecule has 2 aromatic rings. The molecule has 1 aliphatic rings. The highest BCUT2D eigenvalue weighted by Gasteiger charge is 2.38. The van der Waals surface area contributed by atoms with E-state index < -0.39 is 12.1 Å². The van der Waals surface area contributed by atoms with E-state index in [0.717, 1.165) is 10.5 Å². The third kappa shape index (κ3) is 2.76. The summed E-state index contributed by atoms with van der Waals surface area (Å²) in [6.07, 6.45) is 0.482. The largest absolute Gasteiger partial charge is 0.329 e. The van der Waals surface area contributed by atoms with Crippen LogP contribution < -0.4 is 10.2 Å². The predicted molar refractivity (Wildman–Crippen MR) is 81.4 cm³/mol. The van der Waals surface area contributed by atoms with Gasteiger partial charge in [0.05, 0.1) is 5.69 Å². The first-order valence-electron chi connectivity index (χ1n) is 6.59. The van der Waals surface area contributed by atoms with Crippen LogP contribution in [0.5, 0.6) is 0 Å². The minimum Gasteiger partial charge on any atom is -0.325 e. The first-order chi connectivity index (χ1) is 10.1. The Morgan fingerprint density at radius 3 is 2.33 bits per heavy atom. The van der Waals surface area contributed by atoms with Gasteiger partial charge in [0, 0.05) is 11.4 Å². The molecule has 21 heavy (non-hydrogen) atoms. The summed E-state index contributed by atoms with van der Waals surface area (Å²) in [5.74, 6) is -0.244. The van der Waals surface area contributed by atoms with E-state index >= 15 is 0 Å². The summed E-state index contributed by atoms with van der Waals surface area (Å²) in [5.41, 5.74) is 1.53. The molecule has 0 aromatic heterocycles. The molecule has 1 atom stereocenters. The van der Waals surface area contributed by atoms with Crippen LogP contribution in [0.4, 0.5) is 10.5 Å². The highest BCUT2D eigenvalue weighted by atomic mass is 35.5. The number of carbonyl (C=O) groups is 2. The van der Waals surface area contributed by atoms with E-state index in [4.69, 9.17) is 11.6 Å². The van der Waals surface area contributed by atoms with Crippen molar-refractivity contribution in [3.05, 3.63) is 65.2 Å². The summed E-state index contributed by atoms with van der Waals surface area (Å²) in [6.45, 7) is 0. The van der Waals surface area contributed by atoms with Crippen molar-refractivity contribution >= 4 is 29.2 Å². The third-order valence-electron chi connectivity index (χ3n) is 3.39. The summed E-state index contributed by atoms with van der Waals surface area (Å²) < 4.78 is 0. The van der Waals surface area contributed by atoms with Crippen LogP contribution in [-0.2, 0) is 11.2 Å². The molecule has 4 nitrogen and oxygen atoms in total. The molecule has 3 amide bonds. The van der Waals surface area contributed by atoms with E-state index in [-0.39, 0.29) is 5.91 Å². The van der Waals surface area contributed by atoms with Crippen molar-refractivity contribution < 1.29 is 9.59 Å². The number of nitrogens with zero attached hydrogens (tertiary/aromatic N) is 1. The Morgan fingerprint density at radius 2 is 1.67 bits per heavy atom. The van der Waals surface area contributed by atoms with Crippen molar-refractivity contribution in [1.29, 1.82) is 0 Å². The van der Waals surface area contributed by atoms with Crippen molar-refractivity contribution in [3.63, 3.8) is 0 Å². The van der Waals surface area contributed by atoms with Crippen LogP contribution in [0.15, 0.2) is 54.6 Å². The molecule has 106 valence electrons. The van der Waals surface area contributed by atoms with E-state index in [1.54, 1.807) is 24.3 Å². The number of nitrogens with one attached hydrogen (secondary N) is 1. The van der Waals surface area contributed by atoms with E-state index in [1.807, 2.05) is 30.3 Å². The number of imide groups is 1. The fourth-order valence-electron chi connectivity index (χ4n) is 2.35. The highest BCUT2D eigenvalue weighted by molar-refractivity contribution is 6.30. The maximum absolute atomic E-state index is 12.4. The molecule has 0 saturated carbocycles. The fourth-order valence-corrected chi connectivity index (χ4v) is 2.48. The van der Waals surface area contributed by atoms with Crippen LogP contribution in [0.3, 0.4) is 0 Å². The summed E-state index contributed by atoms with van der Waals surface area (Å²) in [5, 5.41) is 3.28. The van der Waals surface area contributed by atoms with Crippen molar-refractivity contribution in [2.24, 2.45) is 0 Å². The lowest BCUT2D eigenvalue weighted by Gasteiger charge is -2.13. The predicted octanol–water partition coefficient (Wildman–Crippen LogP) is 3.01. The zero-order valence-corrected chi connectivity index (χ0v) is 11.9. The maximum atomic E-state index is 12.4. The lowest BCUT2D eigenvalue weighted by molar-refractivity contribution is -0.118. The fraction of sp³-hybridized carbons (Fsp3) is 0.125. The lowest BCUT2D eigenvalue weighted by Crippen LogP contribution is -2.32. The van der Waals surface area contributed by atoms with Gasteiger partial charge in [-0.15, -0.1) is 0 Å². The van der Waals surface area contributed by atoms with Gasteiger partial charge in [-0.1, -0.05) is 41.9 Å². The Balaban J connectivity index is 1.80. The van der Waals surface area contributed by atoms with E-state index in [2.05, 4.69) is 5.32 Å². The number of rotatable bonds is 3. The SMILES string of the molecule is O=C1NC(Cc2ccccc2)C(=O)N1c1ccc(Cl)cc1. The lowest BCUT2D eigenvalue weighted by atomic mass is 10.1. The first-order valence-corrected chi connectivity index (χ1v) is 6.97. The molecule has 5 heteroatoms. The smallest absolute Gasteiger partial charge is 0.325 e. The van der Waals surface area contributed by atoms with Gasteiger partial charge in [0.2, 0.25) is 0 Å². The van der Waals surface area contributed by atoms with E-state index in [9.17, 15) is 9.59 Å².